The molecular formula is C20H20ClN7OS. The van der Waals surface area contributed by atoms with E-state index in [0.29, 0.717) is 17.5 Å². The van der Waals surface area contributed by atoms with Gasteiger partial charge in [0.1, 0.15) is 16.8 Å². The fourth-order valence-corrected chi connectivity index (χ4v) is 4.29. The van der Waals surface area contributed by atoms with Crippen molar-refractivity contribution >= 4 is 46.8 Å². The van der Waals surface area contributed by atoms with Gasteiger partial charge in [-0.1, -0.05) is 11.6 Å². The van der Waals surface area contributed by atoms with Crippen molar-refractivity contribution in [3.05, 3.63) is 59.4 Å². The number of hydrogen-bond donors (Lipinski definition) is 3. The summed E-state index contributed by atoms with van der Waals surface area (Å²) >= 11 is 7.93. The summed E-state index contributed by atoms with van der Waals surface area (Å²) in [6, 6.07) is 9.78. The number of aromatic nitrogens is 4. The van der Waals surface area contributed by atoms with Crippen molar-refractivity contribution in [1.82, 2.24) is 24.1 Å². The highest BCUT2D eigenvalue weighted by molar-refractivity contribution is 7.97. The number of nitrogens with one attached hydrogen (secondary N) is 3. The molecule has 0 spiro atoms. The van der Waals surface area contributed by atoms with E-state index in [1.807, 2.05) is 48.0 Å². The lowest BCUT2D eigenvalue weighted by atomic mass is 10.3. The predicted molar refractivity (Wildman–Crippen MR) is 118 cm³/mol. The number of aromatic amines is 1. The third-order valence-electron chi connectivity index (χ3n) is 4.85. The summed E-state index contributed by atoms with van der Waals surface area (Å²) in [4.78, 5) is 17.4. The monoisotopic (exact) mass is 441 g/mol. The van der Waals surface area contributed by atoms with Crippen LogP contribution in [0.3, 0.4) is 0 Å². The largest absolute Gasteiger partial charge is 0.326 e. The topological polar surface area (TPSA) is 90.9 Å². The molecule has 3 aromatic rings. The Hall–Kier alpha value is -2.91. The number of anilines is 2. The second-order valence-electron chi connectivity index (χ2n) is 7.36. The minimum Gasteiger partial charge on any atom is -0.326 e. The standard InChI is InChI=1S/C20H20ClN7OS/c1-12-8-17(26-25-12)24-19-11-27(10-18-22-9-16(21)28(18)19)30-15-6-4-14(5-7-15)23-20(29)13-2-3-13/h4-9,11,13H,2-3,10H2,1H3,(H,23,29)(H2,24,25,26). The number of benzene rings is 1. The molecule has 1 aromatic carbocycles. The highest BCUT2D eigenvalue weighted by Gasteiger charge is 2.29. The molecule has 3 N–H and O–H groups in total. The number of rotatable bonds is 6. The lowest BCUT2D eigenvalue weighted by molar-refractivity contribution is -0.117. The van der Waals surface area contributed by atoms with Crippen LogP contribution in [0.5, 0.6) is 0 Å². The summed E-state index contributed by atoms with van der Waals surface area (Å²) in [5.41, 5.74) is 1.79. The Balaban J connectivity index is 1.32. The fourth-order valence-electron chi connectivity index (χ4n) is 3.20. The highest BCUT2D eigenvalue weighted by Crippen LogP contribution is 2.33. The van der Waals surface area contributed by atoms with Crippen LogP contribution in [0.2, 0.25) is 5.15 Å². The van der Waals surface area contributed by atoms with Gasteiger partial charge in [0.2, 0.25) is 5.91 Å². The first kappa shape index (κ1) is 19.1. The SMILES string of the molecule is Cc1cc(NC2=CN(Sc3ccc(NC(=O)C4CC4)cc3)Cc3ncc(Cl)n32)n[nH]1. The number of fused-ring (bicyclic) bond motifs is 1. The summed E-state index contributed by atoms with van der Waals surface area (Å²) in [6.45, 7) is 2.55. The van der Waals surface area contributed by atoms with Crippen LogP contribution >= 0.6 is 23.5 Å². The minimum absolute atomic E-state index is 0.113. The van der Waals surface area contributed by atoms with Crippen molar-refractivity contribution < 1.29 is 4.79 Å². The van der Waals surface area contributed by atoms with Gasteiger partial charge in [-0.2, -0.15) is 5.10 Å². The second kappa shape index (κ2) is 7.73. The van der Waals surface area contributed by atoms with Crippen molar-refractivity contribution in [3.63, 3.8) is 0 Å². The van der Waals surface area contributed by atoms with Gasteiger partial charge in [0.05, 0.1) is 18.9 Å². The first-order chi connectivity index (χ1) is 14.5. The van der Waals surface area contributed by atoms with Crippen LogP contribution in [0.25, 0.3) is 5.82 Å². The van der Waals surface area contributed by atoms with E-state index in [1.165, 1.54) is 0 Å². The maximum Gasteiger partial charge on any atom is 0.227 e. The Morgan fingerprint density at radius 3 is 2.80 bits per heavy atom. The van der Waals surface area contributed by atoms with E-state index in [-0.39, 0.29) is 11.8 Å². The molecule has 1 fully saturated rings. The van der Waals surface area contributed by atoms with Crippen LogP contribution in [-0.2, 0) is 11.3 Å². The smallest absolute Gasteiger partial charge is 0.227 e. The van der Waals surface area contributed by atoms with E-state index in [0.717, 1.165) is 40.8 Å². The van der Waals surface area contributed by atoms with Crippen molar-refractivity contribution in [2.24, 2.45) is 5.92 Å². The Kier molecular flexibility index (Phi) is 4.92. The number of aryl methyl sites for hydroxylation is 1. The van der Waals surface area contributed by atoms with Crippen molar-refractivity contribution in [3.8, 4) is 0 Å². The molecule has 2 aromatic heterocycles. The zero-order valence-corrected chi connectivity index (χ0v) is 17.8. The van der Waals surface area contributed by atoms with Crippen molar-refractivity contribution in [1.29, 1.82) is 0 Å². The highest BCUT2D eigenvalue weighted by atomic mass is 35.5. The summed E-state index contributed by atoms with van der Waals surface area (Å²) in [6.07, 6.45) is 5.62. The van der Waals surface area contributed by atoms with Gasteiger partial charge in [-0.25, -0.2) is 4.98 Å². The van der Waals surface area contributed by atoms with Gasteiger partial charge in [-0.3, -0.25) is 14.5 Å². The molecular weight excluding hydrogens is 422 g/mol. The molecule has 0 saturated heterocycles. The summed E-state index contributed by atoms with van der Waals surface area (Å²) in [5, 5.41) is 14.0. The molecule has 8 nitrogen and oxygen atoms in total. The third kappa shape index (κ3) is 4.03. The van der Waals surface area contributed by atoms with Gasteiger partial charge in [0, 0.05) is 28.3 Å². The van der Waals surface area contributed by atoms with Crippen LogP contribution in [0.4, 0.5) is 11.5 Å². The van der Waals surface area contributed by atoms with Crippen LogP contribution in [0.15, 0.2) is 47.6 Å². The molecule has 0 bridgehead atoms. The second-order valence-corrected chi connectivity index (χ2v) is 8.87. The van der Waals surface area contributed by atoms with Gasteiger partial charge in [-0.15, -0.1) is 0 Å². The van der Waals surface area contributed by atoms with Gasteiger partial charge in [-0.05, 0) is 56.0 Å². The third-order valence-corrected chi connectivity index (χ3v) is 6.07. The van der Waals surface area contributed by atoms with E-state index < -0.39 is 0 Å². The maximum absolute atomic E-state index is 11.9. The molecule has 1 amide bonds. The average molecular weight is 442 g/mol. The predicted octanol–water partition coefficient (Wildman–Crippen LogP) is 4.31. The van der Waals surface area contributed by atoms with Gasteiger partial charge in [0.25, 0.3) is 0 Å². The normalized spacial score (nSPS) is 15.5. The summed E-state index contributed by atoms with van der Waals surface area (Å²) < 4.78 is 3.96. The Morgan fingerprint density at radius 1 is 1.30 bits per heavy atom. The number of carbonyl (C=O) groups is 1. The number of halogens is 1. The van der Waals surface area contributed by atoms with Gasteiger partial charge < -0.3 is 14.9 Å². The van der Waals surface area contributed by atoms with Crippen LogP contribution in [0, 0.1) is 12.8 Å². The Labute approximate surface area is 182 Å². The molecule has 1 aliphatic carbocycles. The van der Waals surface area contributed by atoms with E-state index in [2.05, 4.69) is 30.1 Å². The van der Waals surface area contributed by atoms with Crippen molar-refractivity contribution in [2.45, 2.75) is 31.2 Å². The zero-order chi connectivity index (χ0) is 20.7. The molecule has 3 heterocycles. The molecule has 10 heteroatoms. The lowest BCUT2D eigenvalue weighted by Crippen LogP contribution is -2.23. The molecule has 30 heavy (non-hydrogen) atoms. The molecule has 1 saturated carbocycles. The number of H-pyrrole nitrogens is 1. The fraction of sp³-hybridized carbons (Fsp3) is 0.250. The lowest BCUT2D eigenvalue weighted by Gasteiger charge is -2.27. The van der Waals surface area contributed by atoms with E-state index in [4.69, 9.17) is 11.6 Å². The number of imidazole rings is 1. The van der Waals surface area contributed by atoms with Crippen LogP contribution in [-0.4, -0.2) is 30.0 Å². The Bertz CT molecular complexity index is 1120. The Morgan fingerprint density at radius 2 is 2.10 bits per heavy atom. The quantitative estimate of drug-likeness (QED) is 0.494. The first-order valence-corrected chi connectivity index (χ1v) is 10.8. The molecule has 0 radical (unpaired) electrons. The molecule has 2 aliphatic rings. The number of amides is 1. The van der Waals surface area contributed by atoms with E-state index in [9.17, 15) is 4.79 Å². The summed E-state index contributed by atoms with van der Waals surface area (Å²) in [7, 11) is 0. The average Bonchev–Trinajstić information content (AvgIpc) is 3.41. The number of carbonyl (C=O) groups excluding carboxylic acids is 1. The molecule has 0 atom stereocenters. The number of hydrogen-bond acceptors (Lipinski definition) is 6. The summed E-state index contributed by atoms with van der Waals surface area (Å²) in [5.74, 6) is 2.61. The van der Waals surface area contributed by atoms with E-state index in [1.54, 1.807) is 18.1 Å². The van der Waals surface area contributed by atoms with E-state index >= 15 is 0 Å². The molecule has 1 aliphatic heterocycles. The molecule has 5 rings (SSSR count). The number of nitrogens with zero attached hydrogens (tertiary/aromatic N) is 4. The van der Waals surface area contributed by atoms with Crippen LogP contribution < -0.4 is 10.6 Å². The van der Waals surface area contributed by atoms with Crippen LogP contribution in [0.1, 0.15) is 24.4 Å². The minimum atomic E-state index is 0.113. The molecule has 0 unspecified atom stereocenters. The van der Waals surface area contributed by atoms with Gasteiger partial charge in [0.15, 0.2) is 5.82 Å². The maximum atomic E-state index is 11.9. The first-order valence-electron chi connectivity index (χ1n) is 9.64. The molecule has 154 valence electrons. The zero-order valence-electron chi connectivity index (χ0n) is 16.2. The van der Waals surface area contributed by atoms with Gasteiger partial charge >= 0.3 is 0 Å². The van der Waals surface area contributed by atoms with Crippen molar-refractivity contribution in [2.75, 3.05) is 10.6 Å².